The third kappa shape index (κ3) is 4.53. The summed E-state index contributed by atoms with van der Waals surface area (Å²) in [6.07, 6.45) is 0.356. The Bertz CT molecular complexity index is 481. The average Bonchev–Trinajstić information content (AvgIpc) is 2.40. The van der Waals surface area contributed by atoms with Gasteiger partial charge in [-0.25, -0.2) is 0 Å². The van der Waals surface area contributed by atoms with Gasteiger partial charge in [0.1, 0.15) is 0 Å². The van der Waals surface area contributed by atoms with Crippen LogP contribution in [0.2, 0.25) is 0 Å². The first-order chi connectivity index (χ1) is 9.26. The quantitative estimate of drug-likeness (QED) is 0.849. The van der Waals surface area contributed by atoms with E-state index in [1.54, 1.807) is 45.0 Å². The van der Waals surface area contributed by atoms with Crippen LogP contribution in [0.25, 0.3) is 0 Å². The zero-order valence-electron chi connectivity index (χ0n) is 12.4. The smallest absolute Gasteiger partial charge is 0.231 e. The van der Waals surface area contributed by atoms with Gasteiger partial charge >= 0.3 is 0 Å². The fraction of sp³-hybridized carbons (Fsp3) is 0.467. The predicted octanol–water partition coefficient (Wildman–Crippen LogP) is 2.52. The van der Waals surface area contributed by atoms with Gasteiger partial charge < -0.3 is 10.2 Å². The van der Waals surface area contributed by atoms with Gasteiger partial charge in [0.05, 0.1) is 11.8 Å². The van der Waals surface area contributed by atoms with Gasteiger partial charge in [0.2, 0.25) is 11.8 Å². The van der Waals surface area contributed by atoms with Crippen molar-refractivity contribution in [1.82, 2.24) is 4.90 Å². The molecule has 110 valence electrons. The van der Waals surface area contributed by atoms with Crippen LogP contribution < -0.4 is 5.32 Å². The summed E-state index contributed by atoms with van der Waals surface area (Å²) in [4.78, 5) is 25.1. The normalized spacial score (nSPS) is 11.1. The first-order valence-corrected chi connectivity index (χ1v) is 6.96. The van der Waals surface area contributed by atoms with Crippen LogP contribution >= 0.6 is 11.6 Å². The minimum Gasteiger partial charge on any atom is -0.349 e. The molecule has 4 nitrogen and oxygen atoms in total. The largest absolute Gasteiger partial charge is 0.349 e. The molecule has 5 heteroatoms. The van der Waals surface area contributed by atoms with Gasteiger partial charge in [0, 0.05) is 25.7 Å². The van der Waals surface area contributed by atoms with Gasteiger partial charge in [-0.15, -0.1) is 11.6 Å². The van der Waals surface area contributed by atoms with Crippen molar-refractivity contribution in [3.8, 4) is 0 Å². The third-order valence-corrected chi connectivity index (χ3v) is 3.68. The molecule has 0 radical (unpaired) electrons. The summed E-state index contributed by atoms with van der Waals surface area (Å²) in [6.45, 7) is 3.58. The summed E-state index contributed by atoms with van der Waals surface area (Å²) in [6, 6.07) is 7.26. The highest BCUT2D eigenvalue weighted by Crippen LogP contribution is 2.20. The number of anilines is 1. The number of amides is 2. The van der Waals surface area contributed by atoms with Crippen molar-refractivity contribution in [3.63, 3.8) is 0 Å². The number of halogens is 1. The molecule has 20 heavy (non-hydrogen) atoms. The number of nitrogens with one attached hydrogen (secondary N) is 1. The van der Waals surface area contributed by atoms with E-state index in [4.69, 9.17) is 11.6 Å². The fourth-order valence-electron chi connectivity index (χ4n) is 1.40. The molecular formula is C15H21ClN2O2. The Morgan fingerprint density at radius 1 is 1.20 bits per heavy atom. The number of hydrogen-bond donors (Lipinski definition) is 1. The standard InChI is InChI=1S/C15H21ClN2O2/c1-15(2,10-16)14(20)17-12-7-5-11(6-8-12)9-13(19)18(3)4/h5-8H,9-10H2,1-4H3,(H,17,20). The number of alkyl halides is 1. The number of carbonyl (C=O) groups is 2. The molecule has 1 N–H and O–H groups in total. The number of carbonyl (C=O) groups excluding carboxylic acids is 2. The molecule has 0 atom stereocenters. The van der Waals surface area contributed by atoms with Crippen molar-refractivity contribution in [3.05, 3.63) is 29.8 Å². The van der Waals surface area contributed by atoms with Gasteiger partial charge in [-0.3, -0.25) is 9.59 Å². The summed E-state index contributed by atoms with van der Waals surface area (Å²) in [5.74, 6) is 0.184. The molecule has 0 bridgehead atoms. The molecule has 0 saturated carbocycles. The van der Waals surface area contributed by atoms with Gasteiger partial charge in [-0.1, -0.05) is 12.1 Å². The van der Waals surface area contributed by atoms with E-state index in [-0.39, 0.29) is 17.7 Å². The van der Waals surface area contributed by atoms with Crippen LogP contribution in [0.1, 0.15) is 19.4 Å². The van der Waals surface area contributed by atoms with E-state index in [2.05, 4.69) is 5.32 Å². The van der Waals surface area contributed by atoms with Crippen LogP contribution in [0.3, 0.4) is 0 Å². The van der Waals surface area contributed by atoms with E-state index in [1.165, 1.54) is 0 Å². The molecule has 0 heterocycles. The third-order valence-electron chi connectivity index (χ3n) is 3.01. The Morgan fingerprint density at radius 3 is 2.20 bits per heavy atom. The Kier molecular flexibility index (Phi) is 5.57. The molecule has 1 rings (SSSR count). The Labute approximate surface area is 125 Å². The molecule has 0 saturated heterocycles. The summed E-state index contributed by atoms with van der Waals surface area (Å²) in [5, 5.41) is 2.82. The fourth-order valence-corrected chi connectivity index (χ4v) is 1.52. The molecule has 0 aliphatic carbocycles. The molecule has 0 aliphatic rings. The van der Waals surface area contributed by atoms with Gasteiger partial charge in [0.15, 0.2) is 0 Å². The lowest BCUT2D eigenvalue weighted by molar-refractivity contribution is -0.128. The maximum atomic E-state index is 12.0. The lowest BCUT2D eigenvalue weighted by atomic mass is 9.95. The lowest BCUT2D eigenvalue weighted by Gasteiger charge is -2.20. The summed E-state index contributed by atoms with van der Waals surface area (Å²) >= 11 is 5.76. The SMILES string of the molecule is CN(C)C(=O)Cc1ccc(NC(=O)C(C)(C)CCl)cc1. The number of benzene rings is 1. The van der Waals surface area contributed by atoms with Gasteiger partial charge in [0.25, 0.3) is 0 Å². The highest BCUT2D eigenvalue weighted by atomic mass is 35.5. The first kappa shape index (κ1) is 16.5. The van der Waals surface area contributed by atoms with Crippen molar-refractivity contribution in [1.29, 1.82) is 0 Å². The Balaban J connectivity index is 2.68. The van der Waals surface area contributed by atoms with E-state index in [9.17, 15) is 9.59 Å². The van der Waals surface area contributed by atoms with Gasteiger partial charge in [-0.05, 0) is 31.5 Å². The van der Waals surface area contributed by atoms with E-state index in [1.807, 2.05) is 12.1 Å². The first-order valence-electron chi connectivity index (χ1n) is 6.43. The monoisotopic (exact) mass is 296 g/mol. The average molecular weight is 297 g/mol. The molecule has 0 aromatic heterocycles. The van der Waals surface area contributed by atoms with E-state index in [0.29, 0.717) is 12.1 Å². The van der Waals surface area contributed by atoms with E-state index >= 15 is 0 Å². The lowest BCUT2D eigenvalue weighted by Crippen LogP contribution is -2.32. The number of nitrogens with zero attached hydrogens (tertiary/aromatic N) is 1. The summed E-state index contributed by atoms with van der Waals surface area (Å²) in [7, 11) is 3.45. The van der Waals surface area contributed by atoms with Crippen LogP contribution in [0.15, 0.2) is 24.3 Å². The van der Waals surface area contributed by atoms with Crippen LogP contribution in [0, 0.1) is 5.41 Å². The molecule has 0 spiro atoms. The van der Waals surface area contributed by atoms with Crippen molar-refractivity contribution < 1.29 is 9.59 Å². The number of likely N-dealkylation sites (N-methyl/N-ethyl adjacent to an activating group) is 1. The van der Waals surface area contributed by atoms with E-state index in [0.717, 1.165) is 5.56 Å². The maximum absolute atomic E-state index is 12.0. The topological polar surface area (TPSA) is 49.4 Å². The highest BCUT2D eigenvalue weighted by molar-refractivity contribution is 6.20. The minimum absolute atomic E-state index is 0.0464. The van der Waals surface area contributed by atoms with Crippen LogP contribution in [0.5, 0.6) is 0 Å². The summed E-state index contributed by atoms with van der Waals surface area (Å²) in [5.41, 5.74) is 1.01. The second-order valence-corrected chi connectivity index (χ2v) is 5.90. The molecule has 0 fully saturated rings. The van der Waals surface area contributed by atoms with E-state index < -0.39 is 5.41 Å². The van der Waals surface area contributed by atoms with Crippen LogP contribution in [0.4, 0.5) is 5.69 Å². The second-order valence-electron chi connectivity index (χ2n) is 5.63. The highest BCUT2D eigenvalue weighted by Gasteiger charge is 2.26. The van der Waals surface area contributed by atoms with Gasteiger partial charge in [-0.2, -0.15) is 0 Å². The number of rotatable bonds is 5. The molecular weight excluding hydrogens is 276 g/mol. The predicted molar refractivity (Wildman–Crippen MR) is 82.0 cm³/mol. The van der Waals surface area contributed by atoms with Crippen molar-refractivity contribution in [2.75, 3.05) is 25.3 Å². The summed E-state index contributed by atoms with van der Waals surface area (Å²) < 4.78 is 0. The maximum Gasteiger partial charge on any atom is 0.231 e. The van der Waals surface area contributed by atoms with Crippen LogP contribution in [-0.2, 0) is 16.0 Å². The van der Waals surface area contributed by atoms with Crippen molar-refractivity contribution in [2.45, 2.75) is 20.3 Å². The second kappa shape index (κ2) is 6.75. The molecule has 1 aromatic rings. The Morgan fingerprint density at radius 2 is 1.75 bits per heavy atom. The molecule has 0 unspecified atom stereocenters. The van der Waals surface area contributed by atoms with Crippen molar-refractivity contribution >= 4 is 29.1 Å². The molecule has 2 amide bonds. The van der Waals surface area contributed by atoms with Crippen molar-refractivity contribution in [2.24, 2.45) is 5.41 Å². The molecule has 1 aromatic carbocycles. The zero-order valence-corrected chi connectivity index (χ0v) is 13.1. The van der Waals surface area contributed by atoms with Crippen LogP contribution in [-0.4, -0.2) is 36.7 Å². The Hall–Kier alpha value is -1.55. The zero-order chi connectivity index (χ0) is 15.3. The number of hydrogen-bond acceptors (Lipinski definition) is 2. The minimum atomic E-state index is -0.610. The molecule has 0 aliphatic heterocycles.